The van der Waals surface area contributed by atoms with E-state index in [9.17, 15) is 4.39 Å². The van der Waals surface area contributed by atoms with Crippen LogP contribution in [0.25, 0.3) is 0 Å². The fraction of sp³-hybridized carbons (Fsp3) is 0.647. The number of rotatable bonds is 4. The van der Waals surface area contributed by atoms with Crippen LogP contribution in [0.5, 0.6) is 0 Å². The van der Waals surface area contributed by atoms with Crippen LogP contribution in [0.4, 0.5) is 4.39 Å². The summed E-state index contributed by atoms with van der Waals surface area (Å²) in [5, 5.41) is 0.149. The number of methoxy groups -OCH3 is 1. The van der Waals surface area contributed by atoms with Crippen LogP contribution in [0.1, 0.15) is 45.1 Å². The quantitative estimate of drug-likeness (QED) is 0.897. The molecule has 0 spiro atoms. The second-order valence-electron chi connectivity index (χ2n) is 6.99. The lowest BCUT2D eigenvalue weighted by atomic mass is 9.68. The monoisotopic (exact) mass is 313 g/mol. The van der Waals surface area contributed by atoms with E-state index < -0.39 is 5.82 Å². The molecule has 1 aromatic rings. The number of hydrogen-bond acceptors (Lipinski definition) is 2. The van der Waals surface area contributed by atoms with E-state index in [4.69, 9.17) is 22.1 Å². The third-order valence-electron chi connectivity index (χ3n) is 4.97. The van der Waals surface area contributed by atoms with Crippen LogP contribution in [0.3, 0.4) is 0 Å². The molecule has 0 radical (unpaired) electrons. The molecular weight excluding hydrogens is 289 g/mol. The van der Waals surface area contributed by atoms with Gasteiger partial charge in [-0.3, -0.25) is 0 Å². The molecule has 2 rings (SSSR count). The van der Waals surface area contributed by atoms with Gasteiger partial charge in [0.2, 0.25) is 0 Å². The van der Waals surface area contributed by atoms with Crippen LogP contribution >= 0.6 is 11.6 Å². The molecule has 0 bridgehead atoms. The summed E-state index contributed by atoms with van der Waals surface area (Å²) in [6.07, 6.45) is 4.80. The summed E-state index contributed by atoms with van der Waals surface area (Å²) >= 11 is 5.84. The number of benzene rings is 1. The Kier molecular flexibility index (Phi) is 4.96. The maximum Gasteiger partial charge on any atom is 0.141 e. The average Bonchev–Trinajstić information content (AvgIpc) is 2.43. The molecule has 0 aromatic heterocycles. The van der Waals surface area contributed by atoms with Gasteiger partial charge in [-0.25, -0.2) is 4.39 Å². The number of halogens is 2. The van der Waals surface area contributed by atoms with Crippen LogP contribution in [-0.4, -0.2) is 18.8 Å². The van der Waals surface area contributed by atoms with Gasteiger partial charge in [-0.05, 0) is 55.2 Å². The summed E-state index contributed by atoms with van der Waals surface area (Å²) in [6, 6.07) is 4.69. The Hall–Kier alpha value is -0.640. The topological polar surface area (TPSA) is 35.2 Å². The summed E-state index contributed by atoms with van der Waals surface area (Å²) < 4.78 is 19.1. The molecule has 1 aliphatic rings. The molecule has 1 saturated carbocycles. The van der Waals surface area contributed by atoms with Crippen molar-refractivity contribution < 1.29 is 9.13 Å². The van der Waals surface area contributed by atoms with Gasteiger partial charge in [0.25, 0.3) is 0 Å². The molecule has 118 valence electrons. The van der Waals surface area contributed by atoms with Gasteiger partial charge in [-0.15, -0.1) is 0 Å². The van der Waals surface area contributed by atoms with Gasteiger partial charge in [-0.2, -0.15) is 0 Å². The van der Waals surface area contributed by atoms with Crippen molar-refractivity contribution in [2.24, 2.45) is 11.1 Å². The van der Waals surface area contributed by atoms with Gasteiger partial charge >= 0.3 is 0 Å². The zero-order chi connectivity index (χ0) is 15.7. The number of hydrogen-bond donors (Lipinski definition) is 1. The first-order chi connectivity index (χ1) is 9.78. The third kappa shape index (κ3) is 3.77. The molecule has 0 amide bonds. The molecule has 0 saturated heterocycles. The molecule has 2 N–H and O–H groups in total. The molecular formula is C17H25ClFNO. The lowest BCUT2D eigenvalue weighted by Gasteiger charge is -2.46. The molecule has 2 nitrogen and oxygen atoms in total. The first-order valence-corrected chi connectivity index (χ1v) is 7.90. The van der Waals surface area contributed by atoms with Crippen LogP contribution < -0.4 is 5.73 Å². The Morgan fingerprint density at radius 2 is 1.90 bits per heavy atom. The molecule has 1 aromatic carbocycles. The van der Waals surface area contributed by atoms with Crippen LogP contribution in [0, 0.1) is 11.2 Å². The Morgan fingerprint density at radius 3 is 2.43 bits per heavy atom. The van der Waals surface area contributed by atoms with Crippen molar-refractivity contribution in [1.82, 2.24) is 0 Å². The van der Waals surface area contributed by atoms with Crippen LogP contribution in [0.2, 0.25) is 5.02 Å². The highest BCUT2D eigenvalue weighted by Gasteiger charge is 2.42. The second kappa shape index (κ2) is 6.23. The maximum absolute atomic E-state index is 13.2. The van der Waals surface area contributed by atoms with Crippen molar-refractivity contribution in [3.63, 3.8) is 0 Å². The Labute approximate surface area is 131 Å². The SMILES string of the molecule is COC1(C(N)Cc2ccc(F)c(Cl)c2)CCC(C)(C)CC1. The van der Waals surface area contributed by atoms with Crippen LogP contribution in [0.15, 0.2) is 18.2 Å². The van der Waals surface area contributed by atoms with Crippen molar-refractivity contribution in [2.45, 2.75) is 57.6 Å². The Bertz CT molecular complexity index is 494. The third-order valence-corrected chi connectivity index (χ3v) is 5.26. The summed E-state index contributed by atoms with van der Waals surface area (Å²) in [4.78, 5) is 0. The van der Waals surface area contributed by atoms with E-state index in [1.54, 1.807) is 19.2 Å². The zero-order valence-electron chi connectivity index (χ0n) is 13.1. The average molecular weight is 314 g/mol. The summed E-state index contributed by atoms with van der Waals surface area (Å²) in [5.74, 6) is -0.394. The molecule has 1 fully saturated rings. The van der Waals surface area contributed by atoms with Crippen molar-refractivity contribution in [3.8, 4) is 0 Å². The Balaban J connectivity index is 2.10. The minimum absolute atomic E-state index is 0.111. The van der Waals surface area contributed by atoms with Gasteiger partial charge in [0.1, 0.15) is 5.82 Å². The highest BCUT2D eigenvalue weighted by atomic mass is 35.5. The lowest BCUT2D eigenvalue weighted by Crippen LogP contribution is -2.53. The number of ether oxygens (including phenoxy) is 1. The summed E-state index contributed by atoms with van der Waals surface area (Å²) in [5.41, 5.74) is 7.48. The highest BCUT2D eigenvalue weighted by Crippen LogP contribution is 2.43. The maximum atomic E-state index is 13.2. The normalized spacial score (nSPS) is 22.0. The fourth-order valence-electron chi connectivity index (χ4n) is 3.18. The fourth-order valence-corrected chi connectivity index (χ4v) is 3.39. The van der Waals surface area contributed by atoms with E-state index in [2.05, 4.69) is 13.8 Å². The van der Waals surface area contributed by atoms with Gasteiger partial charge < -0.3 is 10.5 Å². The van der Waals surface area contributed by atoms with E-state index in [0.29, 0.717) is 11.8 Å². The zero-order valence-corrected chi connectivity index (χ0v) is 13.8. The molecule has 1 atom stereocenters. The summed E-state index contributed by atoms with van der Waals surface area (Å²) in [7, 11) is 1.75. The molecule has 21 heavy (non-hydrogen) atoms. The predicted molar refractivity (Wildman–Crippen MR) is 85.1 cm³/mol. The molecule has 4 heteroatoms. The van der Waals surface area contributed by atoms with Crippen molar-refractivity contribution in [1.29, 1.82) is 0 Å². The molecule has 1 aliphatic carbocycles. The van der Waals surface area contributed by atoms with Crippen molar-refractivity contribution in [3.05, 3.63) is 34.6 Å². The van der Waals surface area contributed by atoms with Crippen molar-refractivity contribution in [2.75, 3.05) is 7.11 Å². The predicted octanol–water partition coefficient (Wildman–Crippen LogP) is 4.33. The minimum Gasteiger partial charge on any atom is -0.377 e. The number of nitrogens with two attached hydrogens (primary N) is 1. The van der Waals surface area contributed by atoms with Crippen molar-refractivity contribution >= 4 is 11.6 Å². The van der Waals surface area contributed by atoms with E-state index in [0.717, 1.165) is 31.2 Å². The molecule has 0 heterocycles. The Morgan fingerprint density at radius 1 is 1.29 bits per heavy atom. The van der Waals surface area contributed by atoms with E-state index in [1.807, 2.05) is 0 Å². The van der Waals surface area contributed by atoms with Gasteiger partial charge in [0.05, 0.1) is 10.6 Å². The summed E-state index contributed by atoms with van der Waals surface area (Å²) in [6.45, 7) is 4.58. The lowest BCUT2D eigenvalue weighted by molar-refractivity contribution is -0.0781. The van der Waals surface area contributed by atoms with E-state index in [-0.39, 0.29) is 16.7 Å². The second-order valence-corrected chi connectivity index (χ2v) is 7.40. The van der Waals surface area contributed by atoms with E-state index in [1.165, 1.54) is 6.07 Å². The smallest absolute Gasteiger partial charge is 0.141 e. The van der Waals surface area contributed by atoms with Gasteiger partial charge in [-0.1, -0.05) is 31.5 Å². The van der Waals surface area contributed by atoms with Gasteiger partial charge in [0, 0.05) is 13.2 Å². The first kappa shape index (κ1) is 16.7. The largest absolute Gasteiger partial charge is 0.377 e. The molecule has 1 unspecified atom stereocenters. The minimum atomic E-state index is -0.394. The van der Waals surface area contributed by atoms with E-state index >= 15 is 0 Å². The molecule has 0 aliphatic heterocycles. The van der Waals surface area contributed by atoms with Gasteiger partial charge in [0.15, 0.2) is 0 Å². The highest BCUT2D eigenvalue weighted by molar-refractivity contribution is 6.30. The standard InChI is InChI=1S/C17H25ClFNO/c1-16(2)6-8-17(21-3,9-7-16)15(20)11-12-4-5-14(19)13(18)10-12/h4-5,10,15H,6-9,11,20H2,1-3H3. The first-order valence-electron chi connectivity index (χ1n) is 7.53. The van der Waals surface area contributed by atoms with Crippen LogP contribution in [-0.2, 0) is 11.2 Å².